The monoisotopic (exact) mass is 236 g/mol. The second-order valence-electron chi connectivity index (χ2n) is 3.74. The van der Waals surface area contributed by atoms with E-state index in [0.717, 1.165) is 22.0 Å². The van der Waals surface area contributed by atoms with E-state index in [1.165, 1.54) is 6.39 Å². The molecule has 1 heterocycles. The molecule has 0 saturated heterocycles. The minimum absolute atomic E-state index is 0.180. The fourth-order valence-electron chi connectivity index (χ4n) is 1.68. The van der Waals surface area contributed by atoms with Crippen LogP contribution < -0.4 is 5.73 Å². The molecule has 0 bridgehead atoms. The Labute approximate surface area is 99.2 Å². The topological polar surface area (TPSA) is 52.0 Å². The summed E-state index contributed by atoms with van der Waals surface area (Å²) in [6.07, 6.45) is 2.11. The van der Waals surface area contributed by atoms with Crippen molar-refractivity contribution < 1.29 is 4.42 Å². The minimum atomic E-state index is -0.180. The fraction of sp³-hybridized carbons (Fsp3) is 0.250. The number of halogens is 1. The molecule has 16 heavy (non-hydrogen) atoms. The first-order valence-electron chi connectivity index (χ1n) is 5.07. The van der Waals surface area contributed by atoms with Crippen molar-refractivity contribution in [1.29, 1.82) is 0 Å². The van der Waals surface area contributed by atoms with Gasteiger partial charge in [-0.1, -0.05) is 23.7 Å². The van der Waals surface area contributed by atoms with Gasteiger partial charge in [-0.25, -0.2) is 4.98 Å². The van der Waals surface area contributed by atoms with E-state index >= 15 is 0 Å². The van der Waals surface area contributed by atoms with Gasteiger partial charge in [0.2, 0.25) is 0 Å². The van der Waals surface area contributed by atoms with Crippen LogP contribution in [0.2, 0.25) is 5.02 Å². The summed E-state index contributed by atoms with van der Waals surface area (Å²) in [7, 11) is 0. The van der Waals surface area contributed by atoms with E-state index in [2.05, 4.69) is 4.98 Å². The lowest BCUT2D eigenvalue weighted by atomic mass is 10.0. The second-order valence-corrected chi connectivity index (χ2v) is 4.18. The summed E-state index contributed by atoms with van der Waals surface area (Å²) in [4.78, 5) is 4.02. The highest BCUT2D eigenvalue weighted by molar-refractivity contribution is 6.30. The van der Waals surface area contributed by atoms with E-state index in [-0.39, 0.29) is 6.04 Å². The number of nitrogens with zero attached hydrogens (tertiary/aromatic N) is 1. The van der Waals surface area contributed by atoms with Gasteiger partial charge in [-0.2, -0.15) is 0 Å². The first kappa shape index (κ1) is 11.2. The molecule has 4 heteroatoms. The van der Waals surface area contributed by atoms with Crippen molar-refractivity contribution in [3.05, 3.63) is 52.7 Å². The maximum atomic E-state index is 6.05. The Morgan fingerprint density at radius 1 is 1.50 bits per heavy atom. The van der Waals surface area contributed by atoms with Crippen molar-refractivity contribution >= 4 is 11.6 Å². The zero-order valence-electron chi connectivity index (χ0n) is 8.98. The summed E-state index contributed by atoms with van der Waals surface area (Å²) in [5.74, 6) is 0.736. The molecular weight excluding hydrogens is 224 g/mol. The number of oxazole rings is 1. The van der Waals surface area contributed by atoms with Gasteiger partial charge in [-0.3, -0.25) is 0 Å². The van der Waals surface area contributed by atoms with Crippen molar-refractivity contribution in [2.75, 3.05) is 0 Å². The standard InChI is InChI=1S/C12H13ClN2O/c1-8-12(16-7-15-8)11(14)6-9-3-2-4-10(13)5-9/h2-5,7,11H,6,14H2,1H3. The molecule has 0 radical (unpaired) electrons. The van der Waals surface area contributed by atoms with E-state index in [1.807, 2.05) is 31.2 Å². The Kier molecular flexibility index (Phi) is 3.27. The number of aryl methyl sites for hydroxylation is 1. The van der Waals surface area contributed by atoms with E-state index < -0.39 is 0 Å². The molecule has 0 fully saturated rings. The van der Waals surface area contributed by atoms with Crippen LogP contribution >= 0.6 is 11.6 Å². The van der Waals surface area contributed by atoms with Crippen LogP contribution in [-0.4, -0.2) is 4.98 Å². The van der Waals surface area contributed by atoms with Crippen LogP contribution in [0.5, 0.6) is 0 Å². The Morgan fingerprint density at radius 3 is 2.94 bits per heavy atom. The Balaban J connectivity index is 2.14. The van der Waals surface area contributed by atoms with Crippen LogP contribution in [0.1, 0.15) is 23.1 Å². The summed E-state index contributed by atoms with van der Waals surface area (Å²) in [5, 5.41) is 0.721. The van der Waals surface area contributed by atoms with Crippen molar-refractivity contribution in [2.45, 2.75) is 19.4 Å². The third-order valence-corrected chi connectivity index (χ3v) is 2.70. The highest BCUT2D eigenvalue weighted by atomic mass is 35.5. The minimum Gasteiger partial charge on any atom is -0.447 e. The third kappa shape index (κ3) is 2.43. The highest BCUT2D eigenvalue weighted by Gasteiger charge is 2.14. The Bertz CT molecular complexity index is 481. The summed E-state index contributed by atoms with van der Waals surface area (Å²) < 4.78 is 5.26. The molecule has 1 aromatic carbocycles. The van der Waals surface area contributed by atoms with Gasteiger partial charge < -0.3 is 10.2 Å². The molecule has 84 valence electrons. The zero-order valence-corrected chi connectivity index (χ0v) is 9.74. The largest absolute Gasteiger partial charge is 0.447 e. The fourth-order valence-corrected chi connectivity index (χ4v) is 1.89. The predicted molar refractivity (Wildman–Crippen MR) is 63.3 cm³/mol. The van der Waals surface area contributed by atoms with Crippen LogP contribution in [0.15, 0.2) is 35.1 Å². The molecule has 2 rings (SSSR count). The van der Waals surface area contributed by atoms with Gasteiger partial charge >= 0.3 is 0 Å². The summed E-state index contributed by atoms with van der Waals surface area (Å²) in [5.41, 5.74) is 7.98. The van der Waals surface area contributed by atoms with Crippen LogP contribution in [0.25, 0.3) is 0 Å². The molecule has 0 aliphatic carbocycles. The highest BCUT2D eigenvalue weighted by Crippen LogP contribution is 2.20. The summed E-state index contributed by atoms with van der Waals surface area (Å²) in [6, 6.07) is 7.49. The molecule has 0 aliphatic heterocycles. The molecule has 2 N–H and O–H groups in total. The van der Waals surface area contributed by atoms with Gasteiger partial charge in [0.05, 0.1) is 11.7 Å². The molecular formula is C12H13ClN2O. The molecule has 1 unspecified atom stereocenters. The number of aromatic nitrogens is 1. The maximum absolute atomic E-state index is 6.05. The maximum Gasteiger partial charge on any atom is 0.181 e. The average Bonchev–Trinajstić information content (AvgIpc) is 2.64. The van der Waals surface area contributed by atoms with Crippen molar-refractivity contribution in [3.8, 4) is 0 Å². The predicted octanol–water partition coefficient (Wildman–Crippen LogP) is 2.88. The van der Waals surface area contributed by atoms with E-state index in [9.17, 15) is 0 Å². The van der Waals surface area contributed by atoms with Crippen molar-refractivity contribution in [1.82, 2.24) is 4.98 Å². The van der Waals surface area contributed by atoms with Gasteiger partial charge in [0, 0.05) is 5.02 Å². The number of rotatable bonds is 3. The SMILES string of the molecule is Cc1ncoc1C(N)Cc1cccc(Cl)c1. The average molecular weight is 237 g/mol. The number of benzene rings is 1. The molecule has 0 spiro atoms. The lowest BCUT2D eigenvalue weighted by Gasteiger charge is -2.09. The molecule has 2 aromatic rings. The number of hydrogen-bond donors (Lipinski definition) is 1. The summed E-state index contributed by atoms with van der Waals surface area (Å²) in [6.45, 7) is 1.89. The van der Waals surface area contributed by atoms with Gasteiger partial charge in [-0.05, 0) is 31.0 Å². The van der Waals surface area contributed by atoms with Gasteiger partial charge in [0.1, 0.15) is 5.76 Å². The van der Waals surface area contributed by atoms with Crippen LogP contribution in [0.4, 0.5) is 0 Å². The van der Waals surface area contributed by atoms with Crippen LogP contribution in [0.3, 0.4) is 0 Å². The van der Waals surface area contributed by atoms with E-state index in [1.54, 1.807) is 0 Å². The van der Waals surface area contributed by atoms with E-state index in [4.69, 9.17) is 21.8 Å². The molecule has 0 amide bonds. The smallest absolute Gasteiger partial charge is 0.181 e. The van der Waals surface area contributed by atoms with Crippen molar-refractivity contribution in [3.63, 3.8) is 0 Å². The van der Waals surface area contributed by atoms with Crippen LogP contribution in [-0.2, 0) is 6.42 Å². The Morgan fingerprint density at radius 2 is 2.31 bits per heavy atom. The van der Waals surface area contributed by atoms with E-state index in [0.29, 0.717) is 6.42 Å². The number of nitrogens with two attached hydrogens (primary N) is 1. The number of hydrogen-bond acceptors (Lipinski definition) is 3. The van der Waals surface area contributed by atoms with Gasteiger partial charge in [0.25, 0.3) is 0 Å². The molecule has 1 atom stereocenters. The molecule has 3 nitrogen and oxygen atoms in total. The lowest BCUT2D eigenvalue weighted by Crippen LogP contribution is -2.13. The van der Waals surface area contributed by atoms with Gasteiger partial charge in [-0.15, -0.1) is 0 Å². The third-order valence-electron chi connectivity index (χ3n) is 2.46. The molecule has 0 saturated carbocycles. The van der Waals surface area contributed by atoms with Gasteiger partial charge in [0.15, 0.2) is 6.39 Å². The molecule has 0 aliphatic rings. The quantitative estimate of drug-likeness (QED) is 0.892. The van der Waals surface area contributed by atoms with Crippen molar-refractivity contribution in [2.24, 2.45) is 5.73 Å². The summed E-state index contributed by atoms with van der Waals surface area (Å²) >= 11 is 5.91. The second kappa shape index (κ2) is 4.68. The molecule has 1 aromatic heterocycles. The first-order valence-corrected chi connectivity index (χ1v) is 5.44. The normalized spacial score (nSPS) is 12.7. The Hall–Kier alpha value is -1.32. The zero-order chi connectivity index (χ0) is 11.5. The lowest BCUT2D eigenvalue weighted by molar-refractivity contribution is 0.459. The van der Waals surface area contributed by atoms with Crippen LogP contribution in [0, 0.1) is 6.92 Å². The first-order chi connectivity index (χ1) is 7.66.